The number of fused-ring (bicyclic) bond motifs is 3. The molecule has 0 atom stereocenters. The third kappa shape index (κ3) is 5.07. The van der Waals surface area contributed by atoms with Gasteiger partial charge in [0.15, 0.2) is 0 Å². The Balaban J connectivity index is 0.000000219. The van der Waals surface area contributed by atoms with Crippen molar-refractivity contribution in [3.63, 3.8) is 0 Å². The van der Waals surface area contributed by atoms with Crippen LogP contribution in [-0.2, 0) is 28.9 Å². The number of morpholine rings is 1. The van der Waals surface area contributed by atoms with Crippen molar-refractivity contribution >= 4 is 22.6 Å². The van der Waals surface area contributed by atoms with E-state index in [4.69, 9.17) is 9.47 Å². The van der Waals surface area contributed by atoms with E-state index in [1.54, 1.807) is 17.2 Å². The number of amides is 1. The molecule has 1 saturated heterocycles. The molecule has 7 nitrogen and oxygen atoms in total. The number of pyridine rings is 2. The molecule has 1 N–H and O–H groups in total. The maximum atomic E-state index is 12.6. The molecule has 1 fully saturated rings. The Hall–Kier alpha value is -3.24. The lowest BCUT2D eigenvalue weighted by Gasteiger charge is -2.26. The van der Waals surface area contributed by atoms with Gasteiger partial charge in [-0.1, -0.05) is 30.3 Å². The highest BCUT2D eigenvalue weighted by Gasteiger charge is 2.29. The number of nitrogens with zero attached hydrogens (tertiary/aromatic N) is 3. The fourth-order valence-electron chi connectivity index (χ4n) is 3.73. The van der Waals surface area contributed by atoms with Crippen LogP contribution in [0.4, 0.5) is 19.0 Å². The van der Waals surface area contributed by atoms with Crippen LogP contribution in [0.5, 0.6) is 0 Å². The highest BCUT2D eigenvalue weighted by atomic mass is 19.4. The van der Waals surface area contributed by atoms with Gasteiger partial charge in [-0.2, -0.15) is 13.2 Å². The standard InChI is InChI=1S/C16H18N4O3.C7H5F3/c1-17-15-12-9-23-8-11(12)10-6-13(18-7-14(10)19-15)16(21)20-2-4-22-5-3-20;8-7(9,10)6-4-2-1-3-5-6/h6-7H,2-5,8-9H2,1H3,(H,17,19);1-5H. The second kappa shape index (κ2) is 9.72. The largest absolute Gasteiger partial charge is 0.416 e. The summed E-state index contributed by atoms with van der Waals surface area (Å²) in [5.74, 6) is 0.764. The highest BCUT2D eigenvalue weighted by Crippen LogP contribution is 2.32. The van der Waals surface area contributed by atoms with Crippen molar-refractivity contribution in [2.45, 2.75) is 19.4 Å². The normalized spacial score (nSPS) is 15.6. The molecular weight excluding hydrogens is 437 g/mol. The zero-order valence-electron chi connectivity index (χ0n) is 18.0. The fraction of sp³-hybridized carbons (Fsp3) is 0.348. The number of rotatable bonds is 2. The number of benzene rings is 1. The monoisotopic (exact) mass is 460 g/mol. The van der Waals surface area contributed by atoms with Gasteiger partial charge in [-0.05, 0) is 11.6 Å². The highest BCUT2D eigenvalue weighted by molar-refractivity contribution is 5.97. The van der Waals surface area contributed by atoms with Crippen molar-refractivity contribution in [2.75, 3.05) is 38.7 Å². The predicted molar refractivity (Wildman–Crippen MR) is 116 cm³/mol. The van der Waals surface area contributed by atoms with Crippen molar-refractivity contribution in [3.05, 3.63) is 65.0 Å². The Kier molecular flexibility index (Phi) is 6.75. The lowest BCUT2D eigenvalue weighted by atomic mass is 10.1. The molecule has 5 rings (SSSR count). The van der Waals surface area contributed by atoms with Gasteiger partial charge in [0, 0.05) is 31.1 Å². The number of alkyl halides is 3. The molecule has 0 radical (unpaired) electrons. The number of nitrogens with one attached hydrogen (secondary N) is 1. The van der Waals surface area contributed by atoms with E-state index in [0.717, 1.165) is 40.0 Å². The summed E-state index contributed by atoms with van der Waals surface area (Å²) in [6.07, 6.45) is -2.54. The molecule has 2 aliphatic heterocycles. The summed E-state index contributed by atoms with van der Waals surface area (Å²) in [6, 6.07) is 8.20. The van der Waals surface area contributed by atoms with E-state index in [1.807, 2.05) is 13.1 Å². The number of aromatic nitrogens is 2. The number of anilines is 1. The number of carbonyl (C=O) groups excluding carboxylic acids is 1. The van der Waals surface area contributed by atoms with Crippen LogP contribution in [0.2, 0.25) is 0 Å². The van der Waals surface area contributed by atoms with Crippen molar-refractivity contribution in [1.82, 2.24) is 14.9 Å². The van der Waals surface area contributed by atoms with E-state index in [9.17, 15) is 18.0 Å². The number of hydrogen-bond donors (Lipinski definition) is 1. The molecule has 174 valence electrons. The van der Waals surface area contributed by atoms with E-state index in [1.165, 1.54) is 12.1 Å². The number of carbonyl (C=O) groups is 1. The smallest absolute Gasteiger partial charge is 0.378 e. The number of ether oxygens (including phenoxy) is 2. The lowest BCUT2D eigenvalue weighted by molar-refractivity contribution is -0.137. The SMILES string of the molecule is CNc1nc2cnc(C(=O)N3CCOCC3)cc2c2c1COC2.FC(F)(F)c1ccccc1. The van der Waals surface area contributed by atoms with Crippen LogP contribution >= 0.6 is 0 Å². The van der Waals surface area contributed by atoms with Crippen LogP contribution in [0, 0.1) is 0 Å². The molecule has 33 heavy (non-hydrogen) atoms. The molecule has 0 bridgehead atoms. The minimum Gasteiger partial charge on any atom is -0.378 e. The van der Waals surface area contributed by atoms with Crippen LogP contribution in [-0.4, -0.2) is 54.1 Å². The third-order valence-electron chi connectivity index (χ3n) is 5.44. The molecular formula is C23H23F3N4O3. The Morgan fingerprint density at radius 1 is 1.06 bits per heavy atom. The molecule has 3 aromatic rings. The Labute approximate surface area is 188 Å². The van der Waals surface area contributed by atoms with Gasteiger partial charge in [0.1, 0.15) is 11.5 Å². The number of hydrogen-bond acceptors (Lipinski definition) is 6. The topological polar surface area (TPSA) is 76.6 Å². The maximum absolute atomic E-state index is 12.6. The molecule has 4 heterocycles. The van der Waals surface area contributed by atoms with Crippen LogP contribution in [0.3, 0.4) is 0 Å². The predicted octanol–water partition coefficient (Wildman–Crippen LogP) is 3.88. The van der Waals surface area contributed by atoms with Crippen molar-refractivity contribution < 1.29 is 27.4 Å². The number of halogens is 3. The molecule has 1 amide bonds. The van der Waals surface area contributed by atoms with Gasteiger partial charge >= 0.3 is 6.18 Å². The summed E-state index contributed by atoms with van der Waals surface area (Å²) in [4.78, 5) is 23.3. The maximum Gasteiger partial charge on any atom is 0.416 e. The van der Waals surface area contributed by atoms with Gasteiger partial charge in [0.2, 0.25) is 0 Å². The Morgan fingerprint density at radius 3 is 2.39 bits per heavy atom. The van der Waals surface area contributed by atoms with Crippen molar-refractivity contribution in [2.24, 2.45) is 0 Å². The van der Waals surface area contributed by atoms with Gasteiger partial charge < -0.3 is 19.7 Å². The first-order valence-electron chi connectivity index (χ1n) is 10.4. The Morgan fingerprint density at radius 2 is 1.76 bits per heavy atom. The zero-order chi connectivity index (χ0) is 23.4. The van der Waals surface area contributed by atoms with E-state index in [0.29, 0.717) is 45.2 Å². The van der Waals surface area contributed by atoms with Gasteiger partial charge in [0.25, 0.3) is 5.91 Å². The first-order valence-corrected chi connectivity index (χ1v) is 10.4. The molecule has 2 aliphatic rings. The minimum absolute atomic E-state index is 0.0550. The van der Waals surface area contributed by atoms with Gasteiger partial charge in [-0.15, -0.1) is 0 Å². The molecule has 0 aliphatic carbocycles. The minimum atomic E-state index is -4.21. The van der Waals surface area contributed by atoms with Gasteiger partial charge in [0.05, 0.1) is 43.7 Å². The van der Waals surface area contributed by atoms with Crippen molar-refractivity contribution in [3.8, 4) is 0 Å². The Bertz CT molecular complexity index is 1130. The first-order chi connectivity index (χ1) is 15.9. The summed E-state index contributed by atoms with van der Waals surface area (Å²) < 4.78 is 46.2. The summed E-state index contributed by atoms with van der Waals surface area (Å²) in [5.41, 5.74) is 2.79. The first kappa shape index (κ1) is 22.9. The molecule has 10 heteroatoms. The fourth-order valence-corrected chi connectivity index (χ4v) is 3.73. The molecule has 0 unspecified atom stereocenters. The summed E-state index contributed by atoms with van der Waals surface area (Å²) in [5, 5.41) is 4.05. The molecule has 2 aromatic heterocycles. The zero-order valence-corrected chi connectivity index (χ0v) is 18.0. The van der Waals surface area contributed by atoms with Crippen LogP contribution < -0.4 is 5.32 Å². The van der Waals surface area contributed by atoms with E-state index in [2.05, 4.69) is 15.3 Å². The molecule has 0 saturated carbocycles. The second-order valence-electron chi connectivity index (χ2n) is 7.52. The summed E-state index contributed by atoms with van der Waals surface area (Å²) in [7, 11) is 1.84. The summed E-state index contributed by atoms with van der Waals surface area (Å²) >= 11 is 0. The van der Waals surface area contributed by atoms with Crippen LogP contribution in [0.1, 0.15) is 27.2 Å². The van der Waals surface area contributed by atoms with E-state index >= 15 is 0 Å². The molecule has 0 spiro atoms. The van der Waals surface area contributed by atoms with Gasteiger partial charge in [-0.25, -0.2) is 9.97 Å². The third-order valence-corrected chi connectivity index (χ3v) is 5.44. The lowest BCUT2D eigenvalue weighted by Crippen LogP contribution is -2.41. The average Bonchev–Trinajstić information content (AvgIpc) is 3.34. The van der Waals surface area contributed by atoms with Gasteiger partial charge in [-0.3, -0.25) is 4.79 Å². The summed E-state index contributed by atoms with van der Waals surface area (Å²) in [6.45, 7) is 3.46. The van der Waals surface area contributed by atoms with Crippen LogP contribution in [0.25, 0.3) is 10.9 Å². The van der Waals surface area contributed by atoms with E-state index < -0.39 is 11.7 Å². The quantitative estimate of drug-likeness (QED) is 0.626. The average molecular weight is 460 g/mol. The second-order valence-corrected chi connectivity index (χ2v) is 7.52. The van der Waals surface area contributed by atoms with Crippen LogP contribution in [0.15, 0.2) is 42.6 Å². The van der Waals surface area contributed by atoms with E-state index in [-0.39, 0.29) is 5.91 Å². The van der Waals surface area contributed by atoms with Crippen molar-refractivity contribution in [1.29, 1.82) is 0 Å². The molecule has 1 aromatic carbocycles.